The lowest BCUT2D eigenvalue weighted by molar-refractivity contribution is -0.123. The van der Waals surface area contributed by atoms with Crippen LogP contribution < -0.4 is 19.5 Å². The maximum atomic E-state index is 12.4. The van der Waals surface area contributed by atoms with Crippen LogP contribution in [-0.4, -0.2) is 34.1 Å². The van der Waals surface area contributed by atoms with Crippen molar-refractivity contribution in [1.82, 2.24) is 10.0 Å². The van der Waals surface area contributed by atoms with E-state index in [1.54, 1.807) is 19.2 Å². The Morgan fingerprint density at radius 2 is 1.77 bits per heavy atom. The van der Waals surface area contributed by atoms with Crippen molar-refractivity contribution in [3.05, 3.63) is 54.1 Å². The number of hydrogen-bond donors (Lipinski definition) is 2. The lowest BCUT2D eigenvalue weighted by Gasteiger charge is -2.17. The van der Waals surface area contributed by atoms with Crippen molar-refractivity contribution < 1.29 is 22.7 Å². The Hall–Kier alpha value is -2.58. The maximum absolute atomic E-state index is 12.4. The largest absolute Gasteiger partial charge is 0.496 e. The quantitative estimate of drug-likeness (QED) is 0.635. The third kappa shape index (κ3) is 5.73. The number of rotatable bonds is 9. The lowest BCUT2D eigenvalue weighted by atomic mass is 10.1. The molecule has 2 aromatic carbocycles. The number of carbonyl (C=O) groups excluding carboxylic acids is 1. The molecule has 1 amide bonds. The minimum Gasteiger partial charge on any atom is -0.496 e. The van der Waals surface area contributed by atoms with Gasteiger partial charge in [-0.05, 0) is 50.1 Å². The minimum atomic E-state index is -3.54. The van der Waals surface area contributed by atoms with Crippen molar-refractivity contribution in [2.24, 2.45) is 0 Å². The molecule has 0 heterocycles. The van der Waals surface area contributed by atoms with E-state index < -0.39 is 10.0 Å². The molecule has 7 nitrogen and oxygen atoms in total. The summed E-state index contributed by atoms with van der Waals surface area (Å²) in [4.78, 5) is 12.4. The molecule has 0 aliphatic heterocycles. The van der Waals surface area contributed by atoms with Crippen LogP contribution in [0.1, 0.15) is 44.2 Å². The number of carbonyl (C=O) groups is 1. The SMILES string of the molecule is COc1ccccc1[C@H](C)NC(=O)COc1ccc(S(=O)(=O)NC2CCCC2)cc1. The third-order valence-electron chi connectivity index (χ3n) is 5.16. The molecule has 8 heteroatoms. The van der Waals surface area contributed by atoms with Gasteiger partial charge in [-0.1, -0.05) is 31.0 Å². The Morgan fingerprint density at radius 1 is 1.10 bits per heavy atom. The third-order valence-corrected chi connectivity index (χ3v) is 6.70. The molecule has 0 spiro atoms. The van der Waals surface area contributed by atoms with Crippen molar-refractivity contribution in [2.75, 3.05) is 13.7 Å². The van der Waals surface area contributed by atoms with E-state index in [9.17, 15) is 13.2 Å². The van der Waals surface area contributed by atoms with Gasteiger partial charge in [-0.25, -0.2) is 13.1 Å². The lowest BCUT2D eigenvalue weighted by Crippen LogP contribution is -2.32. The van der Waals surface area contributed by atoms with Gasteiger partial charge in [0.05, 0.1) is 18.0 Å². The van der Waals surface area contributed by atoms with Crippen molar-refractivity contribution in [3.8, 4) is 11.5 Å². The van der Waals surface area contributed by atoms with Crippen molar-refractivity contribution in [1.29, 1.82) is 0 Å². The normalized spacial score (nSPS) is 15.5. The van der Waals surface area contributed by atoms with Gasteiger partial charge in [-0.15, -0.1) is 0 Å². The molecule has 0 aromatic heterocycles. The second kappa shape index (κ2) is 9.95. The van der Waals surface area contributed by atoms with Crippen LogP contribution in [0, 0.1) is 0 Å². The van der Waals surface area contributed by atoms with Crippen molar-refractivity contribution in [3.63, 3.8) is 0 Å². The molecule has 2 aromatic rings. The van der Waals surface area contributed by atoms with E-state index >= 15 is 0 Å². The number of methoxy groups -OCH3 is 1. The minimum absolute atomic E-state index is 0.0138. The van der Waals surface area contributed by atoms with Crippen LogP contribution in [0.2, 0.25) is 0 Å². The first-order valence-electron chi connectivity index (χ1n) is 10.1. The summed E-state index contributed by atoms with van der Waals surface area (Å²) in [6.07, 6.45) is 3.86. The molecule has 0 radical (unpaired) electrons. The van der Waals surface area contributed by atoms with Gasteiger partial charge in [0.2, 0.25) is 10.0 Å². The van der Waals surface area contributed by atoms with Gasteiger partial charge in [0.25, 0.3) is 5.91 Å². The first kappa shape index (κ1) is 22.1. The van der Waals surface area contributed by atoms with E-state index in [0.29, 0.717) is 11.5 Å². The highest BCUT2D eigenvalue weighted by Crippen LogP contribution is 2.24. The van der Waals surface area contributed by atoms with Crippen LogP contribution in [0.15, 0.2) is 53.4 Å². The highest BCUT2D eigenvalue weighted by atomic mass is 32.2. The molecule has 1 atom stereocenters. The fraction of sp³-hybridized carbons (Fsp3) is 0.409. The molecule has 1 fully saturated rings. The molecule has 1 saturated carbocycles. The molecule has 1 aliphatic rings. The van der Waals surface area contributed by atoms with Gasteiger partial charge >= 0.3 is 0 Å². The summed E-state index contributed by atoms with van der Waals surface area (Å²) in [6.45, 7) is 1.69. The second-order valence-corrected chi connectivity index (χ2v) is 9.11. The molecule has 3 rings (SSSR count). The van der Waals surface area contributed by atoms with Crippen LogP contribution in [0.4, 0.5) is 0 Å². The zero-order valence-electron chi connectivity index (χ0n) is 17.3. The van der Waals surface area contributed by atoms with E-state index in [0.717, 1.165) is 31.2 Å². The van der Waals surface area contributed by atoms with Gasteiger partial charge in [0, 0.05) is 11.6 Å². The number of sulfonamides is 1. The second-order valence-electron chi connectivity index (χ2n) is 7.39. The topological polar surface area (TPSA) is 93.7 Å². The number of nitrogens with one attached hydrogen (secondary N) is 2. The summed E-state index contributed by atoms with van der Waals surface area (Å²) in [5.41, 5.74) is 0.873. The van der Waals surface area contributed by atoms with E-state index in [4.69, 9.17) is 9.47 Å². The van der Waals surface area contributed by atoms with E-state index in [1.165, 1.54) is 12.1 Å². The van der Waals surface area contributed by atoms with Gasteiger partial charge in [-0.3, -0.25) is 4.79 Å². The van der Waals surface area contributed by atoms with E-state index in [2.05, 4.69) is 10.0 Å². The predicted molar refractivity (Wildman–Crippen MR) is 114 cm³/mol. The Morgan fingerprint density at radius 3 is 2.43 bits per heavy atom. The Balaban J connectivity index is 1.52. The van der Waals surface area contributed by atoms with Crippen LogP contribution in [0.3, 0.4) is 0 Å². The molecule has 0 unspecified atom stereocenters. The summed E-state index contributed by atoms with van der Waals surface area (Å²) in [7, 11) is -1.95. The Labute approximate surface area is 177 Å². The molecule has 30 heavy (non-hydrogen) atoms. The highest BCUT2D eigenvalue weighted by Gasteiger charge is 2.23. The van der Waals surface area contributed by atoms with Crippen LogP contribution >= 0.6 is 0 Å². The van der Waals surface area contributed by atoms with Gasteiger partial charge in [-0.2, -0.15) is 0 Å². The zero-order chi connectivity index (χ0) is 21.6. The van der Waals surface area contributed by atoms with Gasteiger partial charge < -0.3 is 14.8 Å². The molecule has 162 valence electrons. The standard InChI is InChI=1S/C22H28N2O5S/c1-16(20-9-5-6-10-21(20)28-2)23-22(25)15-29-18-11-13-19(14-12-18)30(26,27)24-17-7-3-4-8-17/h5-6,9-14,16-17,24H,3-4,7-8,15H2,1-2H3,(H,23,25)/t16-/m0/s1. The fourth-order valence-electron chi connectivity index (χ4n) is 3.58. The summed E-state index contributed by atoms with van der Waals surface area (Å²) >= 11 is 0. The fourth-order valence-corrected chi connectivity index (χ4v) is 4.89. The van der Waals surface area contributed by atoms with Crippen molar-refractivity contribution in [2.45, 2.75) is 49.6 Å². The highest BCUT2D eigenvalue weighted by molar-refractivity contribution is 7.89. The summed E-state index contributed by atoms with van der Waals surface area (Å²) < 4.78 is 38.5. The number of benzene rings is 2. The number of hydrogen-bond acceptors (Lipinski definition) is 5. The molecule has 1 aliphatic carbocycles. The maximum Gasteiger partial charge on any atom is 0.258 e. The molecule has 2 N–H and O–H groups in total. The smallest absolute Gasteiger partial charge is 0.258 e. The average molecular weight is 433 g/mol. The number of amides is 1. The van der Waals surface area contributed by atoms with Crippen LogP contribution in [0.5, 0.6) is 11.5 Å². The molecule has 0 bridgehead atoms. The Bertz CT molecular complexity index is 954. The van der Waals surface area contributed by atoms with Gasteiger partial charge in [0.1, 0.15) is 11.5 Å². The van der Waals surface area contributed by atoms with Gasteiger partial charge in [0.15, 0.2) is 6.61 Å². The monoisotopic (exact) mass is 432 g/mol. The van der Waals surface area contributed by atoms with Crippen molar-refractivity contribution >= 4 is 15.9 Å². The zero-order valence-corrected chi connectivity index (χ0v) is 18.1. The molecule has 0 saturated heterocycles. The number of para-hydroxylation sites is 1. The summed E-state index contributed by atoms with van der Waals surface area (Å²) in [5.74, 6) is 0.845. The van der Waals surface area contributed by atoms with E-state index in [-0.39, 0.29) is 29.5 Å². The first-order chi connectivity index (χ1) is 14.4. The average Bonchev–Trinajstić information content (AvgIpc) is 3.24. The predicted octanol–water partition coefficient (Wildman–Crippen LogP) is 3.17. The summed E-state index contributed by atoms with van der Waals surface area (Å²) in [5, 5.41) is 2.87. The van der Waals surface area contributed by atoms with E-state index in [1.807, 2.05) is 31.2 Å². The van der Waals surface area contributed by atoms with Crippen LogP contribution in [-0.2, 0) is 14.8 Å². The number of ether oxygens (including phenoxy) is 2. The molecular formula is C22H28N2O5S. The van der Waals surface area contributed by atoms with Crippen LogP contribution in [0.25, 0.3) is 0 Å². The molecular weight excluding hydrogens is 404 g/mol. The Kier molecular flexibility index (Phi) is 7.33. The summed E-state index contributed by atoms with van der Waals surface area (Å²) in [6, 6.07) is 13.3. The first-order valence-corrected chi connectivity index (χ1v) is 11.5.